The fourth-order valence-corrected chi connectivity index (χ4v) is 2.29. The highest BCUT2D eigenvalue weighted by atomic mass is 32.1. The van der Waals surface area contributed by atoms with Crippen LogP contribution in [-0.4, -0.2) is 14.5 Å². The van der Waals surface area contributed by atoms with Gasteiger partial charge in [0.15, 0.2) is 10.8 Å². The number of alkyl halides is 3. The number of nitrogens with zero attached hydrogens (tertiary/aromatic N) is 2. The highest BCUT2D eigenvalue weighted by Gasteiger charge is 2.33. The minimum atomic E-state index is -4.50. The number of rotatable bonds is 4. The molecule has 0 saturated heterocycles. The van der Waals surface area contributed by atoms with E-state index >= 15 is 0 Å². The van der Waals surface area contributed by atoms with Crippen molar-refractivity contribution >= 4 is 16.5 Å². The molecule has 0 spiro atoms. The minimum absolute atomic E-state index is 0.0274. The Morgan fingerprint density at radius 1 is 1.43 bits per heavy atom. The summed E-state index contributed by atoms with van der Waals surface area (Å²) in [6, 6.07) is 0. The SMILES string of the molecule is CCn1cc(CNc2nc(C(F)(F)F)cs2)c(=O)[nH]c1=O. The molecule has 2 N–H and O–H groups in total. The number of thiazole rings is 1. The van der Waals surface area contributed by atoms with E-state index in [0.717, 1.165) is 16.7 Å². The van der Waals surface area contributed by atoms with E-state index in [4.69, 9.17) is 0 Å². The van der Waals surface area contributed by atoms with Gasteiger partial charge < -0.3 is 9.88 Å². The van der Waals surface area contributed by atoms with Gasteiger partial charge in [-0.3, -0.25) is 9.78 Å². The maximum Gasteiger partial charge on any atom is 0.434 e. The molecule has 21 heavy (non-hydrogen) atoms. The topological polar surface area (TPSA) is 79.8 Å². The third kappa shape index (κ3) is 3.51. The first-order valence-corrected chi connectivity index (χ1v) is 6.78. The average Bonchev–Trinajstić information content (AvgIpc) is 2.86. The molecule has 2 aromatic heterocycles. The smallest absolute Gasteiger partial charge is 0.357 e. The molecule has 2 rings (SSSR count). The Kier molecular flexibility index (Phi) is 4.16. The lowest BCUT2D eigenvalue weighted by molar-refractivity contribution is -0.140. The second-order valence-electron chi connectivity index (χ2n) is 4.09. The first-order valence-electron chi connectivity index (χ1n) is 5.90. The molecule has 0 radical (unpaired) electrons. The normalized spacial score (nSPS) is 11.6. The van der Waals surface area contributed by atoms with Crippen LogP contribution >= 0.6 is 11.3 Å². The van der Waals surface area contributed by atoms with Gasteiger partial charge >= 0.3 is 11.9 Å². The van der Waals surface area contributed by atoms with Crippen molar-refractivity contribution in [1.29, 1.82) is 0 Å². The first-order chi connectivity index (χ1) is 9.81. The molecule has 2 aromatic rings. The van der Waals surface area contributed by atoms with Crippen molar-refractivity contribution in [2.75, 3.05) is 5.32 Å². The molecular formula is C11H11F3N4O2S. The first kappa shape index (κ1) is 15.3. The van der Waals surface area contributed by atoms with Crippen LogP contribution in [0.5, 0.6) is 0 Å². The number of hydrogen-bond donors (Lipinski definition) is 2. The fraction of sp³-hybridized carbons (Fsp3) is 0.364. The number of halogens is 3. The molecule has 0 aliphatic heterocycles. The fourth-order valence-electron chi connectivity index (χ4n) is 1.57. The van der Waals surface area contributed by atoms with Crippen LogP contribution in [-0.2, 0) is 19.3 Å². The molecule has 0 amide bonds. The second kappa shape index (κ2) is 5.72. The maximum absolute atomic E-state index is 12.4. The van der Waals surface area contributed by atoms with Gasteiger partial charge in [0, 0.05) is 24.7 Å². The number of aryl methyl sites for hydroxylation is 1. The standard InChI is InChI=1S/C11H11F3N4O2S/c1-2-18-4-6(8(19)17-10(18)20)3-15-9-16-7(5-21-9)11(12,13)14/h4-5H,2-3H2,1H3,(H,15,16)(H,17,19,20). The van der Waals surface area contributed by atoms with E-state index in [-0.39, 0.29) is 17.2 Å². The van der Waals surface area contributed by atoms with Crippen LogP contribution in [0.3, 0.4) is 0 Å². The molecule has 114 valence electrons. The van der Waals surface area contributed by atoms with E-state index in [1.807, 2.05) is 0 Å². The summed E-state index contributed by atoms with van der Waals surface area (Å²) in [5.41, 5.74) is -1.85. The molecule has 0 atom stereocenters. The number of nitrogens with one attached hydrogen (secondary N) is 2. The van der Waals surface area contributed by atoms with Gasteiger partial charge in [0.25, 0.3) is 5.56 Å². The summed E-state index contributed by atoms with van der Waals surface area (Å²) in [5, 5.41) is 3.58. The van der Waals surface area contributed by atoms with Crippen LogP contribution in [0.1, 0.15) is 18.2 Å². The third-order valence-corrected chi connectivity index (χ3v) is 3.45. The molecule has 10 heteroatoms. The lowest BCUT2D eigenvalue weighted by Crippen LogP contribution is -2.32. The Bertz CT molecular complexity index is 747. The van der Waals surface area contributed by atoms with E-state index in [9.17, 15) is 22.8 Å². The Morgan fingerprint density at radius 2 is 2.14 bits per heavy atom. The van der Waals surface area contributed by atoms with Crippen molar-refractivity contribution in [3.63, 3.8) is 0 Å². The molecule has 0 fully saturated rings. The van der Waals surface area contributed by atoms with Gasteiger partial charge in [-0.1, -0.05) is 0 Å². The van der Waals surface area contributed by atoms with E-state index < -0.39 is 23.1 Å². The summed E-state index contributed by atoms with van der Waals surface area (Å²) in [6.07, 6.45) is -3.13. The van der Waals surface area contributed by atoms with Crippen LogP contribution < -0.4 is 16.6 Å². The summed E-state index contributed by atoms with van der Waals surface area (Å²) in [4.78, 5) is 28.5. The van der Waals surface area contributed by atoms with E-state index in [1.165, 1.54) is 10.8 Å². The molecule has 0 aromatic carbocycles. The number of aromatic nitrogens is 3. The Hall–Kier alpha value is -2.10. The van der Waals surface area contributed by atoms with Crippen LogP contribution in [0.2, 0.25) is 0 Å². The van der Waals surface area contributed by atoms with Crippen LogP contribution in [0.4, 0.5) is 18.3 Å². The minimum Gasteiger partial charge on any atom is -0.357 e. The molecule has 6 nitrogen and oxygen atoms in total. The van der Waals surface area contributed by atoms with Crippen molar-refractivity contribution in [3.8, 4) is 0 Å². The van der Waals surface area contributed by atoms with E-state index in [0.29, 0.717) is 6.54 Å². The lowest BCUT2D eigenvalue weighted by Gasteiger charge is -2.05. The van der Waals surface area contributed by atoms with Gasteiger partial charge in [0.1, 0.15) is 0 Å². The van der Waals surface area contributed by atoms with Crippen molar-refractivity contribution in [2.45, 2.75) is 26.2 Å². The quantitative estimate of drug-likeness (QED) is 0.897. The predicted molar refractivity (Wildman–Crippen MR) is 71.4 cm³/mol. The summed E-state index contributed by atoms with van der Waals surface area (Å²) >= 11 is 0.792. The van der Waals surface area contributed by atoms with Gasteiger partial charge in [-0.2, -0.15) is 13.2 Å². The number of H-pyrrole nitrogens is 1. The van der Waals surface area contributed by atoms with Gasteiger partial charge in [-0.25, -0.2) is 9.78 Å². The highest BCUT2D eigenvalue weighted by molar-refractivity contribution is 7.13. The number of anilines is 1. The van der Waals surface area contributed by atoms with Gasteiger partial charge in [-0.15, -0.1) is 11.3 Å². The number of aromatic amines is 1. The van der Waals surface area contributed by atoms with Gasteiger partial charge in [-0.05, 0) is 6.92 Å². The summed E-state index contributed by atoms with van der Waals surface area (Å²) in [5.74, 6) is 0. The molecule has 0 aliphatic rings. The largest absolute Gasteiger partial charge is 0.434 e. The zero-order valence-corrected chi connectivity index (χ0v) is 11.6. The van der Waals surface area contributed by atoms with Crippen molar-refractivity contribution in [1.82, 2.24) is 14.5 Å². The Balaban J connectivity index is 2.15. The Labute approximate surface area is 120 Å². The summed E-state index contributed by atoms with van der Waals surface area (Å²) in [6.45, 7) is 2.08. The van der Waals surface area contributed by atoms with E-state index in [2.05, 4.69) is 15.3 Å². The lowest BCUT2D eigenvalue weighted by atomic mass is 10.3. The molecule has 0 saturated carbocycles. The van der Waals surface area contributed by atoms with E-state index in [1.54, 1.807) is 6.92 Å². The zero-order chi connectivity index (χ0) is 15.6. The van der Waals surface area contributed by atoms with Gasteiger partial charge in [0.2, 0.25) is 0 Å². The molecule has 0 aliphatic carbocycles. The highest BCUT2D eigenvalue weighted by Crippen LogP contribution is 2.31. The summed E-state index contributed by atoms with van der Waals surface area (Å²) < 4.78 is 38.5. The van der Waals surface area contributed by atoms with Crippen LogP contribution in [0.25, 0.3) is 0 Å². The zero-order valence-electron chi connectivity index (χ0n) is 10.8. The molecule has 0 unspecified atom stereocenters. The molecule has 2 heterocycles. The van der Waals surface area contributed by atoms with Crippen molar-refractivity contribution in [2.24, 2.45) is 0 Å². The Morgan fingerprint density at radius 3 is 2.71 bits per heavy atom. The average molecular weight is 320 g/mol. The molecular weight excluding hydrogens is 309 g/mol. The second-order valence-corrected chi connectivity index (χ2v) is 4.95. The predicted octanol–water partition coefficient (Wildman–Crippen LogP) is 1.64. The van der Waals surface area contributed by atoms with Crippen molar-refractivity contribution in [3.05, 3.63) is 43.7 Å². The monoisotopic (exact) mass is 320 g/mol. The van der Waals surface area contributed by atoms with Crippen molar-refractivity contribution < 1.29 is 13.2 Å². The van der Waals surface area contributed by atoms with Crippen LogP contribution in [0, 0.1) is 0 Å². The molecule has 0 bridgehead atoms. The van der Waals surface area contributed by atoms with Crippen LogP contribution in [0.15, 0.2) is 21.2 Å². The maximum atomic E-state index is 12.4. The third-order valence-electron chi connectivity index (χ3n) is 2.65. The summed E-state index contributed by atoms with van der Waals surface area (Å²) in [7, 11) is 0. The van der Waals surface area contributed by atoms with Gasteiger partial charge in [0.05, 0.1) is 5.56 Å². The number of hydrogen-bond acceptors (Lipinski definition) is 5.